The molecule has 0 bridgehead atoms. The SMILES string of the molecule is COc1ccc(C(OCC2OC(OCCCCCOCc3ccccc3)C(C)C(C)C2OC(=O)c2ccccc2)(c2ccccc2)c2ccc(OC)cc2)cc1. The van der Waals surface area contributed by atoms with Gasteiger partial charge in [-0.05, 0) is 77.9 Å². The van der Waals surface area contributed by atoms with E-state index in [1.807, 2.05) is 103 Å². The number of hydrogen-bond donors (Lipinski definition) is 0. The maximum atomic E-state index is 13.6. The summed E-state index contributed by atoms with van der Waals surface area (Å²) in [6.07, 6.45) is 1.01. The molecule has 0 radical (unpaired) electrons. The van der Waals surface area contributed by atoms with Gasteiger partial charge < -0.3 is 33.2 Å². The first-order valence-corrected chi connectivity index (χ1v) is 19.6. The quantitative estimate of drug-likeness (QED) is 0.0468. The minimum Gasteiger partial charge on any atom is -0.497 e. The highest BCUT2D eigenvalue weighted by atomic mass is 16.7. The highest BCUT2D eigenvalue weighted by Crippen LogP contribution is 2.43. The van der Waals surface area contributed by atoms with E-state index in [1.54, 1.807) is 26.4 Å². The van der Waals surface area contributed by atoms with Crippen molar-refractivity contribution in [3.8, 4) is 11.5 Å². The van der Waals surface area contributed by atoms with Gasteiger partial charge in [-0.2, -0.15) is 0 Å². The molecule has 1 fully saturated rings. The molecule has 0 amide bonds. The third-order valence-corrected chi connectivity index (χ3v) is 10.7. The third kappa shape index (κ3) is 10.1. The van der Waals surface area contributed by atoms with Crippen LogP contribution < -0.4 is 9.47 Å². The van der Waals surface area contributed by atoms with Gasteiger partial charge in [-0.15, -0.1) is 0 Å². The Morgan fingerprint density at radius 2 is 1.16 bits per heavy atom. The van der Waals surface area contributed by atoms with Crippen molar-refractivity contribution in [2.45, 2.75) is 63.8 Å². The molecule has 56 heavy (non-hydrogen) atoms. The van der Waals surface area contributed by atoms with Gasteiger partial charge >= 0.3 is 5.97 Å². The van der Waals surface area contributed by atoms with Crippen LogP contribution in [0.2, 0.25) is 0 Å². The van der Waals surface area contributed by atoms with Gasteiger partial charge in [-0.3, -0.25) is 0 Å². The Hall–Kier alpha value is -4.99. The predicted octanol–water partition coefficient (Wildman–Crippen LogP) is 9.64. The van der Waals surface area contributed by atoms with Crippen LogP contribution in [0, 0.1) is 11.8 Å². The lowest BCUT2D eigenvalue weighted by Crippen LogP contribution is -2.54. The van der Waals surface area contributed by atoms with Crippen molar-refractivity contribution in [3.05, 3.63) is 167 Å². The number of ether oxygens (including phenoxy) is 7. The number of carbonyl (C=O) groups is 1. The second kappa shape index (κ2) is 20.3. The van der Waals surface area contributed by atoms with E-state index >= 15 is 0 Å². The van der Waals surface area contributed by atoms with Crippen molar-refractivity contribution >= 4 is 5.97 Å². The van der Waals surface area contributed by atoms with Gasteiger partial charge in [0, 0.05) is 25.0 Å². The summed E-state index contributed by atoms with van der Waals surface area (Å²) in [6.45, 7) is 6.13. The summed E-state index contributed by atoms with van der Waals surface area (Å²) < 4.78 is 43.8. The average molecular weight is 759 g/mol. The highest BCUT2D eigenvalue weighted by molar-refractivity contribution is 5.89. The number of carbonyl (C=O) groups excluding carboxylic acids is 1. The Bertz CT molecular complexity index is 1840. The van der Waals surface area contributed by atoms with Crippen LogP contribution in [-0.4, -0.2) is 58.5 Å². The molecule has 5 aromatic carbocycles. The lowest BCUT2D eigenvalue weighted by molar-refractivity contribution is -0.274. The van der Waals surface area contributed by atoms with Crippen LogP contribution in [0.5, 0.6) is 11.5 Å². The first kappa shape index (κ1) is 40.7. The van der Waals surface area contributed by atoms with Crippen LogP contribution in [0.4, 0.5) is 0 Å². The second-order valence-corrected chi connectivity index (χ2v) is 14.3. The minimum absolute atomic E-state index is 0.0592. The highest BCUT2D eigenvalue weighted by Gasteiger charge is 2.47. The van der Waals surface area contributed by atoms with E-state index in [4.69, 9.17) is 33.2 Å². The molecule has 5 atom stereocenters. The summed E-state index contributed by atoms with van der Waals surface area (Å²) in [6, 6.07) is 45.2. The van der Waals surface area contributed by atoms with Gasteiger partial charge in [-0.25, -0.2) is 4.79 Å². The molecule has 1 aliphatic rings. The molecule has 1 heterocycles. The van der Waals surface area contributed by atoms with Crippen molar-refractivity contribution in [2.24, 2.45) is 11.8 Å². The summed E-state index contributed by atoms with van der Waals surface area (Å²) in [7, 11) is 3.30. The largest absolute Gasteiger partial charge is 0.497 e. The zero-order valence-corrected chi connectivity index (χ0v) is 32.9. The lowest BCUT2D eigenvalue weighted by Gasteiger charge is -2.45. The first-order valence-electron chi connectivity index (χ1n) is 19.6. The molecule has 0 aromatic heterocycles. The second-order valence-electron chi connectivity index (χ2n) is 14.3. The number of benzene rings is 5. The van der Waals surface area contributed by atoms with E-state index in [0.717, 1.165) is 47.5 Å². The predicted molar refractivity (Wildman–Crippen MR) is 217 cm³/mol. The fourth-order valence-electron chi connectivity index (χ4n) is 7.26. The molecule has 8 heteroatoms. The molecule has 5 unspecified atom stereocenters. The Labute approximate surface area is 331 Å². The van der Waals surface area contributed by atoms with E-state index in [-0.39, 0.29) is 18.4 Å². The molecule has 8 nitrogen and oxygen atoms in total. The molecule has 0 aliphatic carbocycles. The number of esters is 1. The molecule has 1 saturated heterocycles. The number of hydrogen-bond acceptors (Lipinski definition) is 8. The summed E-state index contributed by atoms with van der Waals surface area (Å²) >= 11 is 0. The molecular weight excluding hydrogens is 705 g/mol. The van der Waals surface area contributed by atoms with Gasteiger partial charge in [-0.1, -0.05) is 117 Å². The smallest absolute Gasteiger partial charge is 0.338 e. The van der Waals surface area contributed by atoms with Crippen molar-refractivity contribution in [1.29, 1.82) is 0 Å². The van der Waals surface area contributed by atoms with Crippen molar-refractivity contribution in [1.82, 2.24) is 0 Å². The maximum Gasteiger partial charge on any atom is 0.338 e. The zero-order valence-electron chi connectivity index (χ0n) is 32.9. The maximum absolute atomic E-state index is 13.6. The van der Waals surface area contributed by atoms with Crippen LogP contribution in [0.3, 0.4) is 0 Å². The van der Waals surface area contributed by atoms with Crippen molar-refractivity contribution in [2.75, 3.05) is 34.0 Å². The Balaban J connectivity index is 1.24. The average Bonchev–Trinajstić information content (AvgIpc) is 3.26. The fraction of sp³-hybridized carbons (Fsp3) is 0.354. The van der Waals surface area contributed by atoms with Crippen LogP contribution in [0.15, 0.2) is 140 Å². The van der Waals surface area contributed by atoms with Crippen molar-refractivity contribution < 1.29 is 38.0 Å². The van der Waals surface area contributed by atoms with Gasteiger partial charge in [0.15, 0.2) is 6.29 Å². The molecule has 0 N–H and O–H groups in total. The first-order chi connectivity index (χ1) is 27.4. The fourth-order valence-corrected chi connectivity index (χ4v) is 7.26. The molecule has 5 aromatic rings. The molecule has 0 spiro atoms. The summed E-state index contributed by atoms with van der Waals surface area (Å²) in [5.41, 5.74) is 3.28. The normalized spacial score (nSPS) is 19.6. The van der Waals surface area contributed by atoms with Gasteiger partial charge in [0.1, 0.15) is 29.3 Å². The molecule has 0 saturated carbocycles. The van der Waals surface area contributed by atoms with Crippen LogP contribution in [-0.2, 0) is 35.9 Å². The Morgan fingerprint density at radius 1 is 0.625 bits per heavy atom. The zero-order chi connectivity index (χ0) is 39.2. The Morgan fingerprint density at radius 3 is 1.75 bits per heavy atom. The van der Waals surface area contributed by atoms with E-state index in [9.17, 15) is 4.79 Å². The van der Waals surface area contributed by atoms with Gasteiger partial charge in [0.25, 0.3) is 0 Å². The summed E-state index contributed by atoms with van der Waals surface area (Å²) in [5.74, 6) is 0.898. The molecular formula is C48H54O8. The van der Waals surface area contributed by atoms with E-state index in [1.165, 1.54) is 5.56 Å². The van der Waals surface area contributed by atoms with Crippen LogP contribution >= 0.6 is 0 Å². The number of rotatable bonds is 19. The van der Waals surface area contributed by atoms with E-state index in [0.29, 0.717) is 25.4 Å². The standard InChI is InChI=1S/C48H54O8/c1-35-36(2)47(53-32-16-8-15-31-52-33-37-17-9-5-10-18-37)55-44(45(35)56-46(49)38-19-11-6-12-20-38)34-54-48(39-21-13-7-14-22-39,40-23-27-42(50-3)28-24-40)41-25-29-43(51-4)30-26-41/h5-7,9-14,17-30,35-36,44-45,47H,8,15-16,31-34H2,1-4H3. The molecule has 6 rings (SSSR count). The minimum atomic E-state index is -1.08. The van der Waals surface area contributed by atoms with Crippen LogP contribution in [0.1, 0.15) is 65.7 Å². The lowest BCUT2D eigenvalue weighted by atomic mass is 9.79. The van der Waals surface area contributed by atoms with Gasteiger partial charge in [0.05, 0.1) is 33.0 Å². The molecule has 1 aliphatic heterocycles. The number of unbranched alkanes of at least 4 members (excludes halogenated alkanes) is 2. The van der Waals surface area contributed by atoms with Crippen molar-refractivity contribution in [3.63, 3.8) is 0 Å². The summed E-state index contributed by atoms with van der Waals surface area (Å²) in [5, 5.41) is 0. The van der Waals surface area contributed by atoms with E-state index < -0.39 is 30.1 Å². The Kier molecular flexibility index (Phi) is 14.7. The topological polar surface area (TPSA) is 81.7 Å². The van der Waals surface area contributed by atoms with Crippen LogP contribution in [0.25, 0.3) is 0 Å². The third-order valence-electron chi connectivity index (χ3n) is 10.7. The monoisotopic (exact) mass is 758 g/mol. The molecule has 294 valence electrons. The summed E-state index contributed by atoms with van der Waals surface area (Å²) in [4.78, 5) is 13.6. The van der Waals surface area contributed by atoms with Gasteiger partial charge in [0.2, 0.25) is 0 Å². The number of methoxy groups -OCH3 is 2. The van der Waals surface area contributed by atoms with E-state index in [2.05, 4.69) is 38.1 Å².